The van der Waals surface area contributed by atoms with Crippen molar-refractivity contribution in [2.24, 2.45) is 5.73 Å². The Hall–Kier alpha value is -1.06. The maximum Gasteiger partial charge on any atom is 0.124 e. The summed E-state index contributed by atoms with van der Waals surface area (Å²) in [5.41, 5.74) is 6.92. The molecule has 0 aromatic heterocycles. The van der Waals surface area contributed by atoms with Gasteiger partial charge in [-0.2, -0.15) is 0 Å². The van der Waals surface area contributed by atoms with Crippen molar-refractivity contribution in [2.45, 2.75) is 26.3 Å². The average molecular weight is 223 g/mol. The van der Waals surface area contributed by atoms with E-state index in [9.17, 15) is 0 Å². The SMILES string of the molecule is CCOCCCOc1ccccc1[C@H](C)N. The van der Waals surface area contributed by atoms with Crippen LogP contribution in [-0.4, -0.2) is 19.8 Å². The second-order valence-electron chi connectivity index (χ2n) is 3.73. The zero-order valence-corrected chi connectivity index (χ0v) is 10.1. The van der Waals surface area contributed by atoms with Gasteiger partial charge in [0.1, 0.15) is 5.75 Å². The standard InChI is InChI=1S/C13H21NO2/c1-3-15-9-6-10-16-13-8-5-4-7-12(13)11(2)14/h4-5,7-8,11H,3,6,9-10,14H2,1-2H3/t11-/m0/s1. The van der Waals surface area contributed by atoms with Gasteiger partial charge in [-0.25, -0.2) is 0 Å². The lowest BCUT2D eigenvalue weighted by Gasteiger charge is -2.13. The molecule has 16 heavy (non-hydrogen) atoms. The first-order valence-corrected chi connectivity index (χ1v) is 5.80. The Morgan fingerprint density at radius 1 is 1.25 bits per heavy atom. The summed E-state index contributed by atoms with van der Waals surface area (Å²) in [6.45, 7) is 6.13. The Balaban J connectivity index is 2.41. The van der Waals surface area contributed by atoms with Crippen LogP contribution in [0, 0.1) is 0 Å². The molecule has 0 aliphatic heterocycles. The van der Waals surface area contributed by atoms with E-state index in [1.54, 1.807) is 0 Å². The highest BCUT2D eigenvalue weighted by Gasteiger charge is 2.06. The van der Waals surface area contributed by atoms with Crippen molar-refractivity contribution in [1.29, 1.82) is 0 Å². The van der Waals surface area contributed by atoms with Crippen LogP contribution >= 0.6 is 0 Å². The molecular weight excluding hydrogens is 202 g/mol. The summed E-state index contributed by atoms with van der Waals surface area (Å²) in [6.07, 6.45) is 0.904. The van der Waals surface area contributed by atoms with Crippen LogP contribution in [0.25, 0.3) is 0 Å². The Bertz CT molecular complexity index is 300. The van der Waals surface area contributed by atoms with Crippen molar-refractivity contribution in [3.05, 3.63) is 29.8 Å². The van der Waals surface area contributed by atoms with E-state index >= 15 is 0 Å². The maximum atomic E-state index is 5.86. The highest BCUT2D eigenvalue weighted by molar-refractivity contribution is 5.35. The summed E-state index contributed by atoms with van der Waals surface area (Å²) in [6, 6.07) is 7.90. The van der Waals surface area contributed by atoms with Crippen molar-refractivity contribution in [1.82, 2.24) is 0 Å². The molecule has 0 saturated heterocycles. The molecule has 0 spiro atoms. The molecule has 0 aliphatic rings. The average Bonchev–Trinajstić information content (AvgIpc) is 2.29. The lowest BCUT2D eigenvalue weighted by atomic mass is 10.1. The molecule has 0 heterocycles. The van der Waals surface area contributed by atoms with E-state index < -0.39 is 0 Å². The fourth-order valence-electron chi connectivity index (χ4n) is 1.48. The Morgan fingerprint density at radius 3 is 2.69 bits per heavy atom. The second-order valence-corrected chi connectivity index (χ2v) is 3.73. The molecule has 1 aromatic rings. The Kier molecular flexibility index (Phi) is 5.90. The van der Waals surface area contributed by atoms with Gasteiger partial charge in [-0.05, 0) is 19.9 Å². The maximum absolute atomic E-state index is 5.86. The van der Waals surface area contributed by atoms with Gasteiger partial charge in [0.05, 0.1) is 6.61 Å². The van der Waals surface area contributed by atoms with Gasteiger partial charge in [0.2, 0.25) is 0 Å². The largest absolute Gasteiger partial charge is 0.493 e. The van der Waals surface area contributed by atoms with Crippen LogP contribution < -0.4 is 10.5 Å². The molecule has 1 aromatic carbocycles. The zero-order valence-electron chi connectivity index (χ0n) is 10.1. The Morgan fingerprint density at radius 2 is 2.00 bits per heavy atom. The minimum absolute atomic E-state index is 0.00286. The highest BCUT2D eigenvalue weighted by Crippen LogP contribution is 2.23. The first-order chi connectivity index (χ1) is 7.75. The van der Waals surface area contributed by atoms with Gasteiger partial charge in [0.15, 0.2) is 0 Å². The molecule has 90 valence electrons. The molecule has 0 amide bonds. The fourth-order valence-corrected chi connectivity index (χ4v) is 1.48. The predicted octanol–water partition coefficient (Wildman–Crippen LogP) is 2.51. The molecule has 3 heteroatoms. The van der Waals surface area contributed by atoms with Crippen molar-refractivity contribution in [3.63, 3.8) is 0 Å². The number of rotatable bonds is 7. The molecule has 0 unspecified atom stereocenters. The minimum Gasteiger partial charge on any atom is -0.493 e. The molecule has 3 nitrogen and oxygen atoms in total. The van der Waals surface area contributed by atoms with E-state index in [2.05, 4.69) is 0 Å². The molecule has 0 saturated carbocycles. The van der Waals surface area contributed by atoms with Crippen molar-refractivity contribution < 1.29 is 9.47 Å². The summed E-state index contributed by atoms with van der Waals surface area (Å²) in [5.74, 6) is 0.883. The number of benzene rings is 1. The van der Waals surface area contributed by atoms with Crippen LogP contribution in [0.4, 0.5) is 0 Å². The van der Waals surface area contributed by atoms with E-state index in [0.29, 0.717) is 6.61 Å². The van der Waals surface area contributed by atoms with Gasteiger partial charge < -0.3 is 15.2 Å². The number of hydrogen-bond acceptors (Lipinski definition) is 3. The van der Waals surface area contributed by atoms with Gasteiger partial charge in [-0.3, -0.25) is 0 Å². The molecule has 0 bridgehead atoms. The van der Waals surface area contributed by atoms with Gasteiger partial charge in [0, 0.05) is 31.2 Å². The zero-order chi connectivity index (χ0) is 11.8. The predicted molar refractivity (Wildman–Crippen MR) is 65.6 cm³/mol. The first kappa shape index (κ1) is 13.0. The monoisotopic (exact) mass is 223 g/mol. The lowest BCUT2D eigenvalue weighted by molar-refractivity contribution is 0.130. The number of para-hydroxylation sites is 1. The third-order valence-electron chi connectivity index (χ3n) is 2.30. The first-order valence-electron chi connectivity index (χ1n) is 5.80. The minimum atomic E-state index is 0.00286. The molecule has 1 atom stereocenters. The summed E-state index contributed by atoms with van der Waals surface area (Å²) >= 11 is 0. The van der Waals surface area contributed by atoms with Crippen LogP contribution in [0.3, 0.4) is 0 Å². The van der Waals surface area contributed by atoms with Crippen LogP contribution in [0.15, 0.2) is 24.3 Å². The van der Waals surface area contributed by atoms with Crippen molar-refractivity contribution in [2.75, 3.05) is 19.8 Å². The van der Waals surface area contributed by atoms with Crippen LogP contribution in [-0.2, 0) is 4.74 Å². The Labute approximate surface area is 97.6 Å². The normalized spacial score (nSPS) is 12.4. The fraction of sp³-hybridized carbons (Fsp3) is 0.538. The van der Waals surface area contributed by atoms with E-state index in [1.165, 1.54) is 0 Å². The summed E-state index contributed by atoms with van der Waals surface area (Å²) in [7, 11) is 0. The summed E-state index contributed by atoms with van der Waals surface area (Å²) < 4.78 is 10.9. The van der Waals surface area contributed by atoms with E-state index in [-0.39, 0.29) is 6.04 Å². The summed E-state index contributed by atoms with van der Waals surface area (Å²) in [5, 5.41) is 0. The van der Waals surface area contributed by atoms with Crippen LogP contribution in [0.5, 0.6) is 5.75 Å². The molecule has 0 radical (unpaired) electrons. The number of nitrogens with two attached hydrogens (primary N) is 1. The second kappa shape index (κ2) is 7.25. The topological polar surface area (TPSA) is 44.5 Å². The van der Waals surface area contributed by atoms with Crippen molar-refractivity contribution >= 4 is 0 Å². The quantitative estimate of drug-likeness (QED) is 0.722. The molecular formula is C13H21NO2. The smallest absolute Gasteiger partial charge is 0.124 e. The van der Waals surface area contributed by atoms with Crippen LogP contribution in [0.1, 0.15) is 31.9 Å². The lowest BCUT2D eigenvalue weighted by Crippen LogP contribution is -2.09. The van der Waals surface area contributed by atoms with Gasteiger partial charge >= 0.3 is 0 Å². The third-order valence-corrected chi connectivity index (χ3v) is 2.30. The molecule has 1 rings (SSSR count). The third kappa shape index (κ3) is 4.21. The van der Waals surface area contributed by atoms with Gasteiger partial charge in [-0.1, -0.05) is 18.2 Å². The molecule has 0 fully saturated rings. The van der Waals surface area contributed by atoms with E-state index in [4.69, 9.17) is 15.2 Å². The number of hydrogen-bond donors (Lipinski definition) is 1. The van der Waals surface area contributed by atoms with Gasteiger partial charge in [0.25, 0.3) is 0 Å². The highest BCUT2D eigenvalue weighted by atomic mass is 16.5. The number of ether oxygens (including phenoxy) is 2. The van der Waals surface area contributed by atoms with E-state index in [0.717, 1.165) is 30.9 Å². The van der Waals surface area contributed by atoms with E-state index in [1.807, 2.05) is 38.1 Å². The van der Waals surface area contributed by atoms with Crippen molar-refractivity contribution in [3.8, 4) is 5.75 Å². The van der Waals surface area contributed by atoms with Crippen LogP contribution in [0.2, 0.25) is 0 Å². The molecule has 2 N–H and O–H groups in total. The molecule has 0 aliphatic carbocycles. The summed E-state index contributed by atoms with van der Waals surface area (Å²) in [4.78, 5) is 0. The van der Waals surface area contributed by atoms with Gasteiger partial charge in [-0.15, -0.1) is 0 Å².